The van der Waals surface area contributed by atoms with Gasteiger partial charge in [0, 0.05) is 33.0 Å². The summed E-state index contributed by atoms with van der Waals surface area (Å²) in [6, 6.07) is 31.2. The highest BCUT2D eigenvalue weighted by Crippen LogP contribution is 2.46. The molecule has 0 aliphatic rings. The molecule has 2 nitrogen and oxygen atoms in total. The Morgan fingerprint density at radius 1 is 0.362 bits per heavy atom. The van der Waals surface area contributed by atoms with Gasteiger partial charge in [-0.15, -0.1) is 0 Å². The van der Waals surface area contributed by atoms with Gasteiger partial charge in [-0.2, -0.15) is 0 Å². The number of fused-ring (bicyclic) bond motifs is 6. The van der Waals surface area contributed by atoms with Crippen LogP contribution in [0.15, 0.2) is 229 Å². The largest absolute Gasteiger partial charge is 0.455 e. The van der Waals surface area contributed by atoms with Gasteiger partial charge in [0.1, 0.15) is 11.2 Å². The smallest absolute Gasteiger partial charge is 0.143 e. The zero-order valence-electron chi connectivity index (χ0n) is 45.6. The molecule has 0 fully saturated rings. The Kier molecular flexibility index (Phi) is 5.25. The highest BCUT2D eigenvalue weighted by atomic mass is 16.3. The van der Waals surface area contributed by atoms with Crippen molar-refractivity contribution in [1.82, 2.24) is 0 Å². The number of nitrogens with zero attached hydrogens (tertiary/aromatic N) is 1. The van der Waals surface area contributed by atoms with Crippen LogP contribution in [0, 0.1) is 0 Å². The second-order valence-electron chi connectivity index (χ2n) is 13.7. The number of anilines is 3. The van der Waals surface area contributed by atoms with E-state index in [4.69, 9.17) is 14.0 Å². The van der Waals surface area contributed by atoms with Crippen LogP contribution in [0.25, 0.3) is 88.0 Å². The van der Waals surface area contributed by atoms with E-state index >= 15 is 0 Å². The van der Waals surface area contributed by atoms with Crippen molar-refractivity contribution in [2.45, 2.75) is 0 Å². The molecule has 0 aliphatic heterocycles. The normalized spacial score (nSPS) is 15.1. The molecule has 0 N–H and O–H groups in total. The molecule has 11 aromatic rings. The molecule has 10 aromatic carbocycles. The van der Waals surface area contributed by atoms with E-state index < -0.39 is 124 Å². The fraction of sp³-hybridized carbons (Fsp3) is 0. The van der Waals surface area contributed by atoms with Gasteiger partial charge in [-0.1, -0.05) is 182 Å². The van der Waals surface area contributed by atoms with E-state index in [0.29, 0.717) is 28.1 Å². The predicted octanol–water partition coefficient (Wildman–Crippen LogP) is 16.0. The minimum Gasteiger partial charge on any atom is -0.455 e. The fourth-order valence-corrected chi connectivity index (χ4v) is 7.59. The first-order valence-corrected chi connectivity index (χ1v) is 18.6. The molecule has 0 radical (unpaired) electrons. The van der Waals surface area contributed by atoms with E-state index in [0.717, 1.165) is 38.3 Å². The van der Waals surface area contributed by atoms with Gasteiger partial charge in [-0.05, 0) is 92.0 Å². The Bertz CT molecular complexity index is 4110. The summed E-state index contributed by atoms with van der Waals surface area (Å²) in [5.41, 5.74) is 2.85. The first-order valence-electron chi connectivity index (χ1n) is 26.1. The van der Waals surface area contributed by atoms with Crippen molar-refractivity contribution in [1.29, 1.82) is 0 Å². The summed E-state index contributed by atoms with van der Waals surface area (Å²) in [7, 11) is 0. The van der Waals surface area contributed by atoms with Gasteiger partial charge in [0.05, 0.1) is 31.9 Å². The minimum absolute atomic E-state index is 0.180. The van der Waals surface area contributed by atoms with E-state index in [1.165, 1.54) is 0 Å². The average Bonchev–Trinajstić information content (AvgIpc) is 3.79. The summed E-state index contributed by atoms with van der Waals surface area (Å²) in [4.78, 5) is 1.67. The van der Waals surface area contributed by atoms with Crippen LogP contribution in [-0.2, 0) is 0 Å². The quantitative estimate of drug-likeness (QED) is 0.161. The number of rotatable bonds is 7. The van der Waals surface area contributed by atoms with Crippen LogP contribution in [0.3, 0.4) is 0 Å². The van der Waals surface area contributed by atoms with E-state index in [1.807, 2.05) is 127 Å². The van der Waals surface area contributed by atoms with Crippen LogP contribution in [0.1, 0.15) is 20.6 Å². The maximum atomic E-state index is 9.82. The number of hydrogen-bond acceptors (Lipinski definition) is 2. The lowest BCUT2D eigenvalue weighted by Gasteiger charge is -2.30. The Labute approximate surface area is 358 Å². The molecule has 1 aromatic heterocycles. The van der Waals surface area contributed by atoms with Crippen molar-refractivity contribution in [2.75, 3.05) is 4.90 Å². The van der Waals surface area contributed by atoms with Gasteiger partial charge in [-0.3, -0.25) is 0 Å². The third kappa shape index (κ3) is 5.82. The zero-order chi connectivity index (χ0) is 51.5. The van der Waals surface area contributed by atoms with Gasteiger partial charge < -0.3 is 9.32 Å². The SMILES string of the molecule is [2H]c1c([2H])c(-c2c([2H])c([2H])c([2H])c3c([2H])c([2H])c([2H])c([2H])c23)c([2H])c([2H])c1-c1c([2H])c([2H])c(N(c2ccccc2-c2ccccc2)c2ccccc2-c2ccc3oc4c5ccccc5ccc4c3c2)c([2H])c1[2H]. The molecule has 2 heteroatoms. The Morgan fingerprint density at radius 3 is 1.79 bits per heavy atom. The summed E-state index contributed by atoms with van der Waals surface area (Å²) in [5, 5.41) is 2.88. The third-order valence-electron chi connectivity index (χ3n) is 10.3. The molecule has 0 atom stereocenters. The molecule has 11 rings (SSSR count). The molecule has 0 saturated heterocycles. The van der Waals surface area contributed by atoms with Crippen molar-refractivity contribution < 1.29 is 25.0 Å². The Morgan fingerprint density at radius 2 is 1.00 bits per heavy atom. The second kappa shape index (κ2) is 14.1. The van der Waals surface area contributed by atoms with Crippen molar-refractivity contribution >= 4 is 60.5 Å². The van der Waals surface area contributed by atoms with Crippen molar-refractivity contribution in [3.05, 3.63) is 224 Å². The van der Waals surface area contributed by atoms with Crippen molar-refractivity contribution in [3.8, 4) is 44.5 Å². The maximum Gasteiger partial charge on any atom is 0.143 e. The Balaban J connectivity index is 1.15. The van der Waals surface area contributed by atoms with Gasteiger partial charge in [-0.25, -0.2) is 0 Å². The summed E-state index contributed by atoms with van der Waals surface area (Å²) in [6.07, 6.45) is 0. The second-order valence-corrected chi connectivity index (χ2v) is 13.7. The van der Waals surface area contributed by atoms with Crippen molar-refractivity contribution in [3.63, 3.8) is 0 Å². The highest BCUT2D eigenvalue weighted by molar-refractivity contribution is 6.15. The number of furan rings is 1. The monoisotopic (exact) mass is 754 g/mol. The molecule has 0 spiro atoms. The third-order valence-corrected chi connectivity index (χ3v) is 10.3. The molecule has 1 heterocycles. The average molecular weight is 755 g/mol. The minimum atomic E-state index is -0.834. The van der Waals surface area contributed by atoms with Gasteiger partial charge >= 0.3 is 0 Å². The summed E-state index contributed by atoms with van der Waals surface area (Å²) in [6.45, 7) is 0. The molecule has 0 bridgehead atoms. The zero-order valence-corrected chi connectivity index (χ0v) is 30.6. The summed E-state index contributed by atoms with van der Waals surface area (Å²) < 4.78 is 143. The molecule has 58 heavy (non-hydrogen) atoms. The number of para-hydroxylation sites is 2. The summed E-state index contributed by atoms with van der Waals surface area (Å²) >= 11 is 0. The van der Waals surface area contributed by atoms with Gasteiger partial charge in [0.15, 0.2) is 0 Å². The maximum absolute atomic E-state index is 9.82. The molecule has 0 saturated carbocycles. The van der Waals surface area contributed by atoms with Gasteiger partial charge in [0.25, 0.3) is 0 Å². The standard InChI is InChI=1S/C56H37NO/c1-2-13-41(14-3-1)48-19-8-10-23-53(48)57(45-33-29-39(30-34-45)38-25-27-43(28-26-38)47-22-12-17-40-15-4-6-18-46(40)47)54-24-11-9-20-49(54)44-32-36-55-52(37-44)51-35-31-42-16-5-7-21-50(42)56(51)58-55/h1-37H/i4D,6D,12D,15D,17D,18D,22D,25D,26D,27D,28D,29D,30D,33D,34D. The van der Waals surface area contributed by atoms with E-state index in [-0.39, 0.29) is 5.69 Å². The van der Waals surface area contributed by atoms with Gasteiger partial charge in [0.2, 0.25) is 0 Å². The fourth-order valence-electron chi connectivity index (χ4n) is 7.59. The van der Waals surface area contributed by atoms with Crippen LogP contribution in [-0.4, -0.2) is 0 Å². The van der Waals surface area contributed by atoms with E-state index in [9.17, 15) is 11.0 Å². The lowest BCUT2D eigenvalue weighted by Crippen LogP contribution is -2.12. The van der Waals surface area contributed by atoms with Crippen LogP contribution in [0.2, 0.25) is 0 Å². The summed E-state index contributed by atoms with van der Waals surface area (Å²) in [5.74, 6) is 0. The number of benzene rings is 10. The topological polar surface area (TPSA) is 16.4 Å². The molecular weight excluding hydrogens is 703 g/mol. The van der Waals surface area contributed by atoms with Crippen LogP contribution < -0.4 is 4.90 Å². The van der Waals surface area contributed by atoms with E-state index in [1.54, 1.807) is 11.0 Å². The molecule has 0 amide bonds. The Hall–Kier alpha value is -7.68. The van der Waals surface area contributed by atoms with E-state index in [2.05, 4.69) is 0 Å². The molecule has 272 valence electrons. The lowest BCUT2D eigenvalue weighted by molar-refractivity contribution is 0.672. The predicted molar refractivity (Wildman–Crippen MR) is 245 cm³/mol. The first-order chi connectivity index (χ1) is 35.0. The number of hydrogen-bond donors (Lipinski definition) is 0. The first kappa shape index (κ1) is 21.6. The van der Waals surface area contributed by atoms with Crippen LogP contribution in [0.4, 0.5) is 17.1 Å². The highest BCUT2D eigenvalue weighted by Gasteiger charge is 2.21. The lowest BCUT2D eigenvalue weighted by atomic mass is 9.96. The van der Waals surface area contributed by atoms with Crippen molar-refractivity contribution in [2.24, 2.45) is 0 Å². The van der Waals surface area contributed by atoms with Crippen LogP contribution >= 0.6 is 0 Å². The van der Waals surface area contributed by atoms with Crippen LogP contribution in [0.5, 0.6) is 0 Å². The molecular formula is C56H37NO. The molecule has 0 aliphatic carbocycles. The molecule has 0 unspecified atom stereocenters.